The highest BCUT2D eigenvalue weighted by atomic mass is 19.1. The van der Waals surface area contributed by atoms with Crippen molar-refractivity contribution in [1.29, 1.82) is 0 Å². The monoisotopic (exact) mass is 194 g/mol. The molecule has 2 aliphatic heterocycles. The Kier molecular flexibility index (Phi) is 1.59. The molecule has 2 nitrogen and oxygen atoms in total. The van der Waals surface area contributed by atoms with Gasteiger partial charge < -0.3 is 9.47 Å². The van der Waals surface area contributed by atoms with E-state index < -0.39 is 0 Å². The molecular formula is C11H11FO2. The molecule has 1 atom stereocenters. The molecule has 14 heavy (non-hydrogen) atoms. The lowest BCUT2D eigenvalue weighted by Gasteiger charge is -2.11. The summed E-state index contributed by atoms with van der Waals surface area (Å²) in [7, 11) is 0. The van der Waals surface area contributed by atoms with Crippen LogP contribution in [0.15, 0.2) is 18.2 Å². The Bertz CT molecular complexity index is 372. The average molecular weight is 194 g/mol. The molecule has 2 heterocycles. The fraction of sp³-hybridized carbons (Fsp3) is 0.455. The fourth-order valence-corrected chi connectivity index (χ4v) is 2.05. The van der Waals surface area contributed by atoms with Crippen LogP contribution >= 0.6 is 0 Å². The number of rotatable bonds is 0. The Balaban J connectivity index is 2.13. The number of halogens is 1. The zero-order valence-electron chi connectivity index (χ0n) is 7.75. The van der Waals surface area contributed by atoms with Crippen molar-refractivity contribution in [3.63, 3.8) is 0 Å². The summed E-state index contributed by atoms with van der Waals surface area (Å²) in [5.74, 6) is 0.561. The molecule has 0 aliphatic carbocycles. The maximum Gasteiger partial charge on any atom is 0.125 e. The van der Waals surface area contributed by atoms with Gasteiger partial charge in [0.2, 0.25) is 0 Å². The van der Waals surface area contributed by atoms with Crippen molar-refractivity contribution in [1.82, 2.24) is 0 Å². The van der Waals surface area contributed by atoms with E-state index in [2.05, 4.69) is 0 Å². The van der Waals surface area contributed by atoms with Gasteiger partial charge in [-0.1, -0.05) is 0 Å². The van der Waals surface area contributed by atoms with Crippen molar-refractivity contribution in [2.24, 2.45) is 0 Å². The summed E-state index contributed by atoms with van der Waals surface area (Å²) in [4.78, 5) is 0. The van der Waals surface area contributed by atoms with Gasteiger partial charge in [0.25, 0.3) is 0 Å². The summed E-state index contributed by atoms with van der Waals surface area (Å²) in [6, 6.07) is 4.66. The quantitative estimate of drug-likeness (QED) is 0.591. The molecule has 0 aromatic heterocycles. The molecule has 0 N–H and O–H groups in total. The minimum Gasteiger partial charge on any atom is -0.493 e. The van der Waals surface area contributed by atoms with E-state index in [1.807, 2.05) is 0 Å². The Morgan fingerprint density at radius 1 is 1.36 bits per heavy atom. The van der Waals surface area contributed by atoms with Crippen LogP contribution in [-0.2, 0) is 10.3 Å². The first-order valence-electron chi connectivity index (χ1n) is 4.87. The summed E-state index contributed by atoms with van der Waals surface area (Å²) in [6.07, 6.45) is 1.90. The number of fused-ring (bicyclic) bond motifs is 2. The molecule has 1 aromatic rings. The average Bonchev–Trinajstić information content (AvgIpc) is 2.97. The maximum absolute atomic E-state index is 13.1. The molecular weight excluding hydrogens is 183 g/mol. The van der Waals surface area contributed by atoms with Gasteiger partial charge in [-0.3, -0.25) is 0 Å². The highest BCUT2D eigenvalue weighted by Gasteiger charge is 2.48. The predicted octanol–water partition coefficient (Wildman–Crippen LogP) is 2.22. The van der Waals surface area contributed by atoms with Crippen LogP contribution in [-0.4, -0.2) is 13.2 Å². The zero-order chi connectivity index (χ0) is 9.60. The van der Waals surface area contributed by atoms with Gasteiger partial charge >= 0.3 is 0 Å². The third-order valence-electron chi connectivity index (χ3n) is 2.91. The van der Waals surface area contributed by atoms with Crippen LogP contribution in [0.3, 0.4) is 0 Å². The summed E-state index contributed by atoms with van der Waals surface area (Å²) < 4.78 is 24.1. The Morgan fingerprint density at radius 3 is 3.00 bits per heavy atom. The molecule has 0 saturated carbocycles. The van der Waals surface area contributed by atoms with Crippen molar-refractivity contribution in [2.75, 3.05) is 13.2 Å². The van der Waals surface area contributed by atoms with E-state index in [1.165, 1.54) is 12.1 Å². The summed E-state index contributed by atoms with van der Waals surface area (Å²) in [5.41, 5.74) is 0.656. The lowest BCUT2D eigenvalue weighted by atomic mass is 9.95. The molecule has 0 radical (unpaired) electrons. The van der Waals surface area contributed by atoms with Crippen molar-refractivity contribution in [3.8, 4) is 5.75 Å². The van der Waals surface area contributed by atoms with Gasteiger partial charge in [0.1, 0.15) is 17.2 Å². The van der Waals surface area contributed by atoms with Crippen LogP contribution in [0, 0.1) is 5.82 Å². The molecule has 0 amide bonds. The second-order valence-electron chi connectivity index (χ2n) is 3.88. The van der Waals surface area contributed by atoms with Gasteiger partial charge in [0.15, 0.2) is 0 Å². The van der Waals surface area contributed by atoms with Gasteiger partial charge in [0, 0.05) is 5.56 Å². The minimum atomic E-state index is -0.228. The Hall–Kier alpha value is -1.09. The maximum atomic E-state index is 13.1. The van der Waals surface area contributed by atoms with Crippen LogP contribution in [0.1, 0.15) is 18.4 Å². The van der Waals surface area contributed by atoms with Gasteiger partial charge in [-0.2, -0.15) is 0 Å². The normalized spacial score (nSPS) is 29.2. The molecule has 1 saturated heterocycles. The van der Waals surface area contributed by atoms with E-state index in [0.29, 0.717) is 13.2 Å². The third kappa shape index (κ3) is 1.12. The lowest BCUT2D eigenvalue weighted by Crippen LogP contribution is -2.07. The summed E-state index contributed by atoms with van der Waals surface area (Å²) in [6.45, 7) is 1.40. The summed E-state index contributed by atoms with van der Waals surface area (Å²) >= 11 is 0. The SMILES string of the molecule is Fc1ccc2c(c1)C1(CCCO2)CO1. The van der Waals surface area contributed by atoms with Crippen LogP contribution < -0.4 is 4.74 Å². The van der Waals surface area contributed by atoms with Crippen LogP contribution in [0.25, 0.3) is 0 Å². The first-order valence-corrected chi connectivity index (χ1v) is 4.87. The second-order valence-corrected chi connectivity index (χ2v) is 3.88. The minimum absolute atomic E-state index is 0.218. The molecule has 1 aromatic carbocycles. The van der Waals surface area contributed by atoms with Crippen LogP contribution in [0.4, 0.5) is 4.39 Å². The van der Waals surface area contributed by atoms with E-state index in [-0.39, 0.29) is 11.4 Å². The molecule has 0 bridgehead atoms. The Morgan fingerprint density at radius 2 is 2.21 bits per heavy atom. The molecule has 74 valence electrons. The Labute approximate surface area is 81.6 Å². The van der Waals surface area contributed by atoms with E-state index in [1.54, 1.807) is 6.07 Å². The molecule has 3 rings (SSSR count). The zero-order valence-corrected chi connectivity index (χ0v) is 7.75. The van der Waals surface area contributed by atoms with E-state index in [4.69, 9.17) is 9.47 Å². The number of hydrogen-bond donors (Lipinski definition) is 0. The van der Waals surface area contributed by atoms with Crippen LogP contribution in [0.5, 0.6) is 5.75 Å². The number of hydrogen-bond acceptors (Lipinski definition) is 2. The van der Waals surface area contributed by atoms with Crippen LogP contribution in [0.2, 0.25) is 0 Å². The largest absolute Gasteiger partial charge is 0.493 e. The topological polar surface area (TPSA) is 21.8 Å². The van der Waals surface area contributed by atoms with Gasteiger partial charge in [-0.15, -0.1) is 0 Å². The van der Waals surface area contributed by atoms with E-state index in [9.17, 15) is 4.39 Å². The van der Waals surface area contributed by atoms with Crippen molar-refractivity contribution < 1.29 is 13.9 Å². The van der Waals surface area contributed by atoms with E-state index >= 15 is 0 Å². The number of ether oxygens (including phenoxy) is 2. The predicted molar refractivity (Wildman–Crippen MR) is 48.8 cm³/mol. The van der Waals surface area contributed by atoms with Crippen molar-refractivity contribution >= 4 is 0 Å². The molecule has 1 spiro atoms. The van der Waals surface area contributed by atoms with Gasteiger partial charge in [0.05, 0.1) is 13.2 Å². The highest BCUT2D eigenvalue weighted by molar-refractivity contribution is 5.41. The highest BCUT2D eigenvalue weighted by Crippen LogP contribution is 2.48. The standard InChI is InChI=1S/C11H11FO2/c12-8-2-3-10-9(6-8)11(7-14-11)4-1-5-13-10/h2-3,6H,1,4-5,7H2. The van der Waals surface area contributed by atoms with Gasteiger partial charge in [-0.05, 0) is 31.0 Å². The second kappa shape index (κ2) is 2.70. The fourth-order valence-electron chi connectivity index (χ4n) is 2.05. The smallest absolute Gasteiger partial charge is 0.125 e. The van der Waals surface area contributed by atoms with Gasteiger partial charge in [-0.25, -0.2) is 4.39 Å². The van der Waals surface area contributed by atoms with E-state index in [0.717, 1.165) is 24.2 Å². The third-order valence-corrected chi connectivity index (χ3v) is 2.91. The molecule has 1 unspecified atom stereocenters. The number of benzene rings is 1. The summed E-state index contributed by atoms with van der Waals surface area (Å²) in [5, 5.41) is 0. The number of epoxide rings is 1. The molecule has 2 aliphatic rings. The first kappa shape index (κ1) is 8.24. The van der Waals surface area contributed by atoms with Crippen molar-refractivity contribution in [3.05, 3.63) is 29.6 Å². The lowest BCUT2D eigenvalue weighted by molar-refractivity contribution is 0.283. The molecule has 3 heteroatoms. The molecule has 1 fully saturated rings. The first-order chi connectivity index (χ1) is 6.80. The van der Waals surface area contributed by atoms with Crippen molar-refractivity contribution in [2.45, 2.75) is 18.4 Å².